The van der Waals surface area contributed by atoms with Crippen LogP contribution in [0.3, 0.4) is 0 Å². The van der Waals surface area contributed by atoms with E-state index in [1.807, 2.05) is 0 Å². The molecule has 1 rings (SSSR count). The predicted octanol–water partition coefficient (Wildman–Crippen LogP) is 2.69. The SMILES string of the molecule is COc1ccc(Cl)cc1[C@H](N)[C@H](O)C(F)(F)F.Cl. The minimum atomic E-state index is -4.80. The standard InChI is InChI=1S/C10H11ClF3NO2.ClH/c1-17-7-3-2-5(11)4-6(7)8(15)9(16)10(12,13)14;/h2-4,8-9,16H,15H2,1H3;1H/t8-,9-;/m0./s1. The predicted molar refractivity (Wildman–Crippen MR) is 64.2 cm³/mol. The van der Waals surface area contributed by atoms with Gasteiger partial charge in [-0.3, -0.25) is 0 Å². The summed E-state index contributed by atoms with van der Waals surface area (Å²) in [6.45, 7) is 0. The summed E-state index contributed by atoms with van der Waals surface area (Å²) >= 11 is 5.66. The van der Waals surface area contributed by atoms with E-state index < -0.39 is 18.3 Å². The average Bonchev–Trinajstić information content (AvgIpc) is 2.25. The van der Waals surface area contributed by atoms with Crippen LogP contribution in [0.15, 0.2) is 18.2 Å². The highest BCUT2D eigenvalue weighted by Gasteiger charge is 2.43. The van der Waals surface area contributed by atoms with Gasteiger partial charge in [0.15, 0.2) is 6.10 Å². The quantitative estimate of drug-likeness (QED) is 0.903. The summed E-state index contributed by atoms with van der Waals surface area (Å²) in [4.78, 5) is 0. The highest BCUT2D eigenvalue weighted by Crippen LogP contribution is 2.34. The van der Waals surface area contributed by atoms with E-state index in [0.29, 0.717) is 0 Å². The fourth-order valence-corrected chi connectivity index (χ4v) is 1.52. The van der Waals surface area contributed by atoms with Gasteiger partial charge in [0.25, 0.3) is 0 Å². The van der Waals surface area contributed by atoms with Crippen LogP contribution in [0.1, 0.15) is 11.6 Å². The summed E-state index contributed by atoms with van der Waals surface area (Å²) in [5, 5.41) is 9.28. The lowest BCUT2D eigenvalue weighted by Gasteiger charge is -2.23. The minimum absolute atomic E-state index is 0. The lowest BCUT2D eigenvalue weighted by atomic mass is 10.0. The molecule has 0 aromatic heterocycles. The van der Waals surface area contributed by atoms with Crippen molar-refractivity contribution in [3.63, 3.8) is 0 Å². The first-order valence-electron chi connectivity index (χ1n) is 4.61. The summed E-state index contributed by atoms with van der Waals surface area (Å²) in [7, 11) is 1.29. The summed E-state index contributed by atoms with van der Waals surface area (Å²) in [6, 6.07) is 2.43. The van der Waals surface area contributed by atoms with Crippen molar-refractivity contribution in [3.8, 4) is 5.75 Å². The zero-order chi connectivity index (χ0) is 13.2. The van der Waals surface area contributed by atoms with Crippen LogP contribution in [0.4, 0.5) is 13.2 Å². The van der Waals surface area contributed by atoms with Crippen molar-refractivity contribution in [2.75, 3.05) is 7.11 Å². The molecule has 0 aliphatic heterocycles. The number of benzene rings is 1. The molecule has 104 valence electrons. The first kappa shape index (κ1) is 17.3. The fraction of sp³-hybridized carbons (Fsp3) is 0.400. The molecule has 1 aromatic carbocycles. The molecule has 0 amide bonds. The van der Waals surface area contributed by atoms with E-state index in [0.717, 1.165) is 0 Å². The van der Waals surface area contributed by atoms with Crippen LogP contribution in [-0.2, 0) is 0 Å². The number of aliphatic hydroxyl groups is 1. The van der Waals surface area contributed by atoms with Crippen LogP contribution >= 0.6 is 24.0 Å². The van der Waals surface area contributed by atoms with Crippen molar-refractivity contribution in [3.05, 3.63) is 28.8 Å². The molecule has 3 nitrogen and oxygen atoms in total. The second-order valence-electron chi connectivity index (χ2n) is 3.40. The maximum atomic E-state index is 12.3. The molecular formula is C10H12Cl2F3NO2. The second kappa shape index (κ2) is 6.47. The molecule has 0 aliphatic rings. The Labute approximate surface area is 113 Å². The van der Waals surface area contributed by atoms with Gasteiger partial charge >= 0.3 is 6.18 Å². The Balaban J connectivity index is 0.00000289. The van der Waals surface area contributed by atoms with Gasteiger partial charge in [-0.05, 0) is 18.2 Å². The smallest absolute Gasteiger partial charge is 0.416 e. The Morgan fingerprint density at radius 3 is 2.39 bits per heavy atom. The number of hydrogen-bond donors (Lipinski definition) is 2. The summed E-state index contributed by atoms with van der Waals surface area (Å²) in [6.07, 6.45) is -7.47. The number of methoxy groups -OCH3 is 1. The molecule has 18 heavy (non-hydrogen) atoms. The number of alkyl halides is 3. The number of halogens is 5. The van der Waals surface area contributed by atoms with Crippen molar-refractivity contribution in [2.24, 2.45) is 5.73 Å². The minimum Gasteiger partial charge on any atom is -0.496 e. The first-order chi connectivity index (χ1) is 7.77. The zero-order valence-electron chi connectivity index (χ0n) is 9.24. The number of nitrogens with two attached hydrogens (primary N) is 1. The van der Waals surface area contributed by atoms with Gasteiger partial charge < -0.3 is 15.6 Å². The Morgan fingerprint density at radius 2 is 1.94 bits per heavy atom. The lowest BCUT2D eigenvalue weighted by Crippen LogP contribution is -2.39. The fourth-order valence-electron chi connectivity index (χ4n) is 1.34. The molecule has 0 heterocycles. The molecule has 0 spiro atoms. The lowest BCUT2D eigenvalue weighted by molar-refractivity contribution is -0.210. The molecule has 1 aromatic rings. The van der Waals surface area contributed by atoms with Gasteiger partial charge in [-0.1, -0.05) is 11.6 Å². The van der Waals surface area contributed by atoms with Crippen LogP contribution in [0.2, 0.25) is 5.02 Å². The molecule has 2 atom stereocenters. The Kier molecular flexibility index (Phi) is 6.22. The first-order valence-corrected chi connectivity index (χ1v) is 4.99. The van der Waals surface area contributed by atoms with Crippen LogP contribution in [-0.4, -0.2) is 24.5 Å². The van der Waals surface area contributed by atoms with Crippen molar-refractivity contribution >= 4 is 24.0 Å². The van der Waals surface area contributed by atoms with Crippen LogP contribution < -0.4 is 10.5 Å². The molecule has 0 saturated heterocycles. The number of ether oxygens (including phenoxy) is 1. The molecule has 0 fully saturated rings. The van der Waals surface area contributed by atoms with E-state index >= 15 is 0 Å². The number of aliphatic hydroxyl groups excluding tert-OH is 1. The summed E-state index contributed by atoms with van der Waals surface area (Å²) in [5.41, 5.74) is 5.37. The third kappa shape index (κ3) is 3.91. The van der Waals surface area contributed by atoms with Crippen LogP contribution in [0.25, 0.3) is 0 Å². The summed E-state index contributed by atoms with van der Waals surface area (Å²) in [5.74, 6) is 0.144. The third-order valence-electron chi connectivity index (χ3n) is 2.23. The molecular weight excluding hydrogens is 294 g/mol. The highest BCUT2D eigenvalue weighted by atomic mass is 35.5. The maximum Gasteiger partial charge on any atom is 0.416 e. The Bertz CT molecular complexity index is 401. The van der Waals surface area contributed by atoms with Crippen LogP contribution in [0.5, 0.6) is 5.75 Å². The van der Waals surface area contributed by atoms with Crippen molar-refractivity contribution in [1.82, 2.24) is 0 Å². The second-order valence-corrected chi connectivity index (χ2v) is 3.83. The molecule has 3 N–H and O–H groups in total. The van der Waals surface area contributed by atoms with Gasteiger partial charge in [0, 0.05) is 10.6 Å². The largest absolute Gasteiger partial charge is 0.496 e. The Morgan fingerprint density at radius 1 is 1.39 bits per heavy atom. The van der Waals surface area contributed by atoms with E-state index in [4.69, 9.17) is 27.2 Å². The molecule has 8 heteroatoms. The van der Waals surface area contributed by atoms with Gasteiger partial charge in [-0.2, -0.15) is 13.2 Å². The third-order valence-corrected chi connectivity index (χ3v) is 2.46. The van der Waals surface area contributed by atoms with E-state index in [1.54, 1.807) is 0 Å². The van der Waals surface area contributed by atoms with Gasteiger partial charge in [0.2, 0.25) is 0 Å². The number of rotatable bonds is 3. The van der Waals surface area contributed by atoms with Gasteiger partial charge in [0.05, 0.1) is 13.2 Å². The van der Waals surface area contributed by atoms with E-state index in [9.17, 15) is 13.2 Å². The van der Waals surface area contributed by atoms with Gasteiger partial charge in [-0.15, -0.1) is 12.4 Å². The van der Waals surface area contributed by atoms with E-state index in [-0.39, 0.29) is 28.7 Å². The van der Waals surface area contributed by atoms with E-state index in [1.165, 1.54) is 25.3 Å². The summed E-state index contributed by atoms with van der Waals surface area (Å²) < 4.78 is 41.8. The molecule has 0 aliphatic carbocycles. The molecule has 0 unspecified atom stereocenters. The zero-order valence-corrected chi connectivity index (χ0v) is 10.8. The van der Waals surface area contributed by atoms with Crippen molar-refractivity contribution < 1.29 is 23.0 Å². The molecule has 0 bridgehead atoms. The monoisotopic (exact) mass is 305 g/mol. The molecule has 0 radical (unpaired) electrons. The molecule has 0 saturated carbocycles. The Hall–Kier alpha value is -0.690. The van der Waals surface area contributed by atoms with Gasteiger partial charge in [0.1, 0.15) is 5.75 Å². The van der Waals surface area contributed by atoms with E-state index in [2.05, 4.69) is 0 Å². The normalized spacial score (nSPS) is 14.6. The maximum absolute atomic E-state index is 12.3. The van der Waals surface area contributed by atoms with Crippen molar-refractivity contribution in [2.45, 2.75) is 18.3 Å². The van der Waals surface area contributed by atoms with Gasteiger partial charge in [-0.25, -0.2) is 0 Å². The average molecular weight is 306 g/mol. The number of hydrogen-bond acceptors (Lipinski definition) is 3. The topological polar surface area (TPSA) is 55.5 Å². The highest BCUT2D eigenvalue weighted by molar-refractivity contribution is 6.30. The van der Waals surface area contributed by atoms with Crippen molar-refractivity contribution in [1.29, 1.82) is 0 Å². The van der Waals surface area contributed by atoms with Crippen LogP contribution in [0, 0.1) is 0 Å².